The molecule has 3 rings (SSSR count). The van der Waals surface area contributed by atoms with Crippen LogP contribution in [-0.2, 0) is 16.4 Å². The lowest BCUT2D eigenvalue weighted by molar-refractivity contribution is 0.0520. The number of benzene rings is 1. The maximum absolute atomic E-state index is 12.4. The molecule has 0 radical (unpaired) electrons. The lowest BCUT2D eigenvalue weighted by Gasteiger charge is -2.44. The van der Waals surface area contributed by atoms with Gasteiger partial charge in [0.2, 0.25) is 0 Å². The van der Waals surface area contributed by atoms with Crippen LogP contribution in [0.1, 0.15) is 5.56 Å². The molecule has 2 heterocycles. The fourth-order valence-electron chi connectivity index (χ4n) is 3.72. The summed E-state index contributed by atoms with van der Waals surface area (Å²) < 4.78 is 24.5. The molecular weight excluding hydrogens is 358 g/mol. The van der Waals surface area contributed by atoms with Gasteiger partial charge < -0.3 is 9.80 Å². The average Bonchev–Trinajstić information content (AvgIpc) is 2.90. The first-order valence-corrected chi connectivity index (χ1v) is 11.4. The Morgan fingerprint density at radius 2 is 1.96 bits per heavy atom. The zero-order valence-electron chi connectivity index (χ0n) is 14.9. The minimum Gasteiger partial charge on any atom is -0.331 e. The van der Waals surface area contributed by atoms with Crippen LogP contribution >= 0.6 is 11.8 Å². The van der Waals surface area contributed by atoms with Gasteiger partial charge in [-0.05, 0) is 24.0 Å². The van der Waals surface area contributed by atoms with Gasteiger partial charge in [-0.15, -0.1) is 11.8 Å². The number of fused-ring (bicyclic) bond motifs is 1. The van der Waals surface area contributed by atoms with Gasteiger partial charge in [-0.1, -0.05) is 12.1 Å². The van der Waals surface area contributed by atoms with Gasteiger partial charge in [0.15, 0.2) is 9.84 Å². The second-order valence-corrected chi connectivity index (χ2v) is 9.94. The molecule has 0 bridgehead atoms. The summed E-state index contributed by atoms with van der Waals surface area (Å²) in [6, 6.07) is 7.87. The molecule has 0 spiro atoms. The third kappa shape index (κ3) is 3.96. The Morgan fingerprint density at radius 1 is 1.24 bits per heavy atom. The van der Waals surface area contributed by atoms with E-state index >= 15 is 0 Å². The number of rotatable bonds is 3. The molecule has 2 fully saturated rings. The van der Waals surface area contributed by atoms with Crippen molar-refractivity contribution in [2.24, 2.45) is 0 Å². The largest absolute Gasteiger partial charge is 0.331 e. The molecular formula is C17H25N3O3S2. The Hall–Kier alpha value is -1.25. The number of thioether (sulfide) groups is 1. The zero-order chi connectivity index (χ0) is 18.2. The normalized spacial score (nSPS) is 25.6. The van der Waals surface area contributed by atoms with Gasteiger partial charge in [-0.25, -0.2) is 13.2 Å². The third-order valence-corrected chi connectivity index (χ3v) is 7.36. The molecule has 138 valence electrons. The van der Waals surface area contributed by atoms with Crippen LogP contribution in [0.3, 0.4) is 0 Å². The molecule has 2 saturated heterocycles. The first-order valence-electron chi connectivity index (χ1n) is 8.36. The number of hydrogen-bond acceptors (Lipinski definition) is 5. The van der Waals surface area contributed by atoms with Crippen LogP contribution in [0.15, 0.2) is 29.2 Å². The van der Waals surface area contributed by atoms with Crippen LogP contribution in [0.25, 0.3) is 0 Å². The maximum atomic E-state index is 12.4. The van der Waals surface area contributed by atoms with Crippen molar-refractivity contribution in [1.29, 1.82) is 0 Å². The average molecular weight is 384 g/mol. The molecule has 2 aliphatic heterocycles. The van der Waals surface area contributed by atoms with Crippen molar-refractivity contribution >= 4 is 27.6 Å². The molecule has 6 nitrogen and oxygen atoms in total. The Balaban J connectivity index is 1.82. The van der Waals surface area contributed by atoms with Gasteiger partial charge in [0.25, 0.3) is 0 Å². The minimum atomic E-state index is -3.12. The van der Waals surface area contributed by atoms with Gasteiger partial charge in [0.05, 0.1) is 17.5 Å². The number of amides is 2. The number of nitrogens with zero attached hydrogens (tertiary/aromatic N) is 3. The van der Waals surface area contributed by atoms with Crippen LogP contribution in [0.5, 0.6) is 0 Å². The standard InChI is InChI=1S/C17H25N3O3S2/c1-18(2)17(21)20-8-7-19(15-11-25(22,23)12-16(15)20)10-13-5-4-6-14(9-13)24-3/h4-6,9,15-16H,7-8,10-12H2,1-3H3/t15-,16+/m0/s1. The number of urea groups is 1. The highest BCUT2D eigenvalue weighted by atomic mass is 32.2. The van der Waals surface area contributed by atoms with Crippen LogP contribution in [0.4, 0.5) is 4.79 Å². The van der Waals surface area contributed by atoms with Crippen molar-refractivity contribution in [1.82, 2.24) is 14.7 Å². The van der Waals surface area contributed by atoms with E-state index in [9.17, 15) is 13.2 Å². The van der Waals surface area contributed by atoms with Crippen molar-refractivity contribution in [3.8, 4) is 0 Å². The first kappa shape index (κ1) is 18.5. The molecule has 0 aromatic heterocycles. The number of carbonyl (C=O) groups is 1. The Bertz CT molecular complexity index is 751. The van der Waals surface area contributed by atoms with E-state index in [1.807, 2.05) is 12.3 Å². The Kier molecular flexibility index (Phi) is 5.31. The quantitative estimate of drug-likeness (QED) is 0.738. The highest BCUT2D eigenvalue weighted by Gasteiger charge is 2.48. The predicted molar refractivity (Wildman–Crippen MR) is 101 cm³/mol. The molecule has 0 N–H and O–H groups in total. The van der Waals surface area contributed by atoms with E-state index in [0.29, 0.717) is 13.1 Å². The van der Waals surface area contributed by atoms with E-state index in [-0.39, 0.29) is 29.6 Å². The number of hydrogen-bond donors (Lipinski definition) is 0. The van der Waals surface area contributed by atoms with E-state index in [2.05, 4.69) is 23.1 Å². The second kappa shape index (κ2) is 7.17. The summed E-state index contributed by atoms with van der Waals surface area (Å²) in [4.78, 5) is 19.1. The summed E-state index contributed by atoms with van der Waals surface area (Å²) in [7, 11) is 0.302. The smallest absolute Gasteiger partial charge is 0.319 e. The van der Waals surface area contributed by atoms with E-state index in [4.69, 9.17) is 0 Å². The van der Waals surface area contributed by atoms with E-state index in [1.165, 1.54) is 15.4 Å². The topological polar surface area (TPSA) is 60.9 Å². The van der Waals surface area contributed by atoms with Gasteiger partial charge in [0, 0.05) is 44.7 Å². The van der Waals surface area contributed by atoms with Gasteiger partial charge in [0.1, 0.15) is 0 Å². The zero-order valence-corrected chi connectivity index (χ0v) is 16.5. The maximum Gasteiger partial charge on any atom is 0.319 e. The fourth-order valence-corrected chi connectivity index (χ4v) is 6.22. The van der Waals surface area contributed by atoms with E-state index < -0.39 is 9.84 Å². The molecule has 2 atom stereocenters. The van der Waals surface area contributed by atoms with Crippen molar-refractivity contribution in [3.63, 3.8) is 0 Å². The summed E-state index contributed by atoms with van der Waals surface area (Å²) in [6.07, 6.45) is 2.05. The predicted octanol–water partition coefficient (Wildman–Crippen LogP) is 1.37. The second-order valence-electron chi connectivity index (χ2n) is 6.90. The SMILES string of the molecule is CSc1cccc(CN2CCN(C(=O)N(C)C)[C@@H]3CS(=O)(=O)C[C@@H]32)c1. The summed E-state index contributed by atoms with van der Waals surface area (Å²) in [5.41, 5.74) is 1.18. The molecule has 25 heavy (non-hydrogen) atoms. The first-order chi connectivity index (χ1) is 11.8. The summed E-state index contributed by atoms with van der Waals surface area (Å²) in [6.45, 7) is 1.98. The van der Waals surface area contributed by atoms with Crippen LogP contribution < -0.4 is 0 Å². The highest BCUT2D eigenvalue weighted by molar-refractivity contribution is 7.98. The van der Waals surface area contributed by atoms with Gasteiger partial charge in [-0.2, -0.15) is 0 Å². The van der Waals surface area contributed by atoms with E-state index in [0.717, 1.165) is 6.54 Å². The fraction of sp³-hybridized carbons (Fsp3) is 0.588. The van der Waals surface area contributed by atoms with Gasteiger partial charge in [-0.3, -0.25) is 4.90 Å². The Morgan fingerprint density at radius 3 is 2.64 bits per heavy atom. The molecule has 8 heteroatoms. The van der Waals surface area contributed by atoms with Gasteiger partial charge >= 0.3 is 6.03 Å². The molecule has 1 aromatic rings. The third-order valence-electron chi connectivity index (χ3n) is 4.94. The van der Waals surface area contributed by atoms with Crippen LogP contribution in [0.2, 0.25) is 0 Å². The highest BCUT2D eigenvalue weighted by Crippen LogP contribution is 2.29. The summed E-state index contributed by atoms with van der Waals surface area (Å²) >= 11 is 1.70. The lowest BCUT2D eigenvalue weighted by Crippen LogP contribution is -2.61. The molecule has 2 aliphatic rings. The monoisotopic (exact) mass is 383 g/mol. The van der Waals surface area contributed by atoms with E-state index in [1.54, 1.807) is 30.8 Å². The number of sulfone groups is 1. The molecule has 2 amide bonds. The van der Waals surface area contributed by atoms with Crippen molar-refractivity contribution in [3.05, 3.63) is 29.8 Å². The molecule has 0 unspecified atom stereocenters. The van der Waals surface area contributed by atoms with Crippen molar-refractivity contribution in [2.45, 2.75) is 23.5 Å². The van der Waals surface area contributed by atoms with Crippen molar-refractivity contribution < 1.29 is 13.2 Å². The minimum absolute atomic E-state index is 0.0681. The number of piperazine rings is 1. The lowest BCUT2D eigenvalue weighted by atomic mass is 10.0. The van der Waals surface area contributed by atoms with Crippen LogP contribution in [0, 0.1) is 0 Å². The number of carbonyl (C=O) groups excluding carboxylic acids is 1. The Labute approximate surface area is 154 Å². The van der Waals surface area contributed by atoms with Crippen LogP contribution in [-0.4, -0.2) is 86.2 Å². The molecule has 1 aromatic carbocycles. The summed E-state index contributed by atoms with van der Waals surface area (Å²) in [5, 5.41) is 0. The molecule has 0 aliphatic carbocycles. The molecule has 0 saturated carbocycles. The summed E-state index contributed by atoms with van der Waals surface area (Å²) in [5.74, 6) is 0.204. The van der Waals surface area contributed by atoms with Crippen molar-refractivity contribution in [2.75, 3.05) is 44.9 Å².